The zero-order valence-electron chi connectivity index (χ0n) is 12.7. The SMILES string of the molecule is C=C(C)C(=O)OC1(C2CCCCC2)CSCCC1OC. The zero-order valence-corrected chi connectivity index (χ0v) is 13.5. The van der Waals surface area contributed by atoms with Crippen LogP contribution in [0.5, 0.6) is 0 Å². The molecule has 2 rings (SSSR count). The summed E-state index contributed by atoms with van der Waals surface area (Å²) in [6.45, 7) is 5.44. The van der Waals surface area contributed by atoms with Gasteiger partial charge in [0.05, 0.1) is 6.10 Å². The number of thioether (sulfide) groups is 1. The molecule has 3 nitrogen and oxygen atoms in total. The Morgan fingerprint density at radius 3 is 2.55 bits per heavy atom. The fourth-order valence-corrected chi connectivity index (χ4v) is 4.81. The molecule has 0 aromatic carbocycles. The Bertz CT molecular complexity index is 363. The van der Waals surface area contributed by atoms with E-state index in [9.17, 15) is 4.79 Å². The van der Waals surface area contributed by atoms with Crippen molar-refractivity contribution in [3.05, 3.63) is 12.2 Å². The molecule has 1 saturated carbocycles. The van der Waals surface area contributed by atoms with Gasteiger partial charge in [0.15, 0.2) is 5.60 Å². The van der Waals surface area contributed by atoms with Gasteiger partial charge in [0.2, 0.25) is 0 Å². The molecule has 0 amide bonds. The monoisotopic (exact) mass is 298 g/mol. The lowest BCUT2D eigenvalue weighted by Gasteiger charge is -2.48. The fourth-order valence-electron chi connectivity index (χ4n) is 3.49. The molecule has 114 valence electrons. The van der Waals surface area contributed by atoms with Gasteiger partial charge in [-0.3, -0.25) is 0 Å². The number of esters is 1. The van der Waals surface area contributed by atoms with E-state index in [2.05, 4.69) is 6.58 Å². The minimum absolute atomic E-state index is 0.0233. The summed E-state index contributed by atoms with van der Waals surface area (Å²) in [5.41, 5.74) is 0.0271. The number of ether oxygens (including phenoxy) is 2. The molecule has 1 heterocycles. The van der Waals surface area contributed by atoms with Crippen molar-refractivity contribution in [2.75, 3.05) is 18.6 Å². The molecule has 1 saturated heterocycles. The van der Waals surface area contributed by atoms with Crippen LogP contribution in [0.15, 0.2) is 12.2 Å². The van der Waals surface area contributed by atoms with Crippen LogP contribution in [0.2, 0.25) is 0 Å². The van der Waals surface area contributed by atoms with Crippen LogP contribution < -0.4 is 0 Å². The first-order chi connectivity index (χ1) is 9.60. The van der Waals surface area contributed by atoms with Gasteiger partial charge in [0, 0.05) is 24.4 Å². The average Bonchev–Trinajstić information content (AvgIpc) is 2.48. The van der Waals surface area contributed by atoms with Gasteiger partial charge in [-0.1, -0.05) is 25.8 Å². The van der Waals surface area contributed by atoms with Gasteiger partial charge in [0.25, 0.3) is 0 Å². The Morgan fingerprint density at radius 1 is 1.25 bits per heavy atom. The molecule has 2 aliphatic rings. The summed E-state index contributed by atoms with van der Waals surface area (Å²) in [7, 11) is 1.74. The predicted molar refractivity (Wildman–Crippen MR) is 83.0 cm³/mol. The van der Waals surface area contributed by atoms with Gasteiger partial charge in [-0.2, -0.15) is 11.8 Å². The molecule has 0 aromatic rings. The Balaban J connectivity index is 2.24. The van der Waals surface area contributed by atoms with Crippen molar-refractivity contribution in [2.24, 2.45) is 5.92 Å². The van der Waals surface area contributed by atoms with E-state index in [1.54, 1.807) is 14.0 Å². The van der Waals surface area contributed by atoms with E-state index in [1.807, 2.05) is 11.8 Å². The second-order valence-electron chi connectivity index (χ2n) is 6.03. The Kier molecular flexibility index (Phi) is 5.56. The first kappa shape index (κ1) is 15.9. The van der Waals surface area contributed by atoms with Gasteiger partial charge in [-0.05, 0) is 31.9 Å². The summed E-state index contributed by atoms with van der Waals surface area (Å²) in [5.74, 6) is 2.10. The van der Waals surface area contributed by atoms with Gasteiger partial charge in [0.1, 0.15) is 0 Å². The highest BCUT2D eigenvalue weighted by atomic mass is 32.2. The standard InChI is InChI=1S/C16H26O3S/c1-12(2)15(17)19-16(13-7-5-4-6-8-13)11-20-10-9-14(16)18-3/h13-14H,1,4-11H2,2-3H3. The van der Waals surface area contributed by atoms with E-state index in [0.717, 1.165) is 30.8 Å². The van der Waals surface area contributed by atoms with E-state index in [1.165, 1.54) is 19.3 Å². The molecule has 20 heavy (non-hydrogen) atoms. The van der Waals surface area contributed by atoms with Crippen molar-refractivity contribution in [3.63, 3.8) is 0 Å². The highest BCUT2D eigenvalue weighted by molar-refractivity contribution is 7.99. The molecule has 0 spiro atoms. The number of carbonyl (C=O) groups excluding carboxylic acids is 1. The number of hydrogen-bond donors (Lipinski definition) is 0. The first-order valence-corrected chi connectivity index (χ1v) is 8.75. The Labute approximate surface area is 126 Å². The summed E-state index contributed by atoms with van der Waals surface area (Å²) < 4.78 is 11.7. The normalized spacial score (nSPS) is 31.8. The van der Waals surface area contributed by atoms with Crippen LogP contribution >= 0.6 is 11.8 Å². The molecule has 0 aromatic heterocycles. The minimum atomic E-state index is -0.450. The molecule has 4 heteroatoms. The van der Waals surface area contributed by atoms with Crippen molar-refractivity contribution < 1.29 is 14.3 Å². The number of carbonyl (C=O) groups is 1. The van der Waals surface area contributed by atoms with E-state index in [4.69, 9.17) is 9.47 Å². The lowest BCUT2D eigenvalue weighted by molar-refractivity contribution is -0.182. The fraction of sp³-hybridized carbons (Fsp3) is 0.812. The lowest BCUT2D eigenvalue weighted by atomic mass is 9.74. The smallest absolute Gasteiger partial charge is 0.333 e. The van der Waals surface area contributed by atoms with Crippen molar-refractivity contribution in [2.45, 2.75) is 57.2 Å². The molecule has 1 aliphatic carbocycles. The Hall–Kier alpha value is -0.480. The van der Waals surface area contributed by atoms with Crippen LogP contribution in [-0.2, 0) is 14.3 Å². The van der Waals surface area contributed by atoms with Crippen LogP contribution in [0.3, 0.4) is 0 Å². The van der Waals surface area contributed by atoms with Crippen molar-refractivity contribution in [3.8, 4) is 0 Å². The minimum Gasteiger partial charge on any atom is -0.452 e. The van der Waals surface area contributed by atoms with Gasteiger partial charge >= 0.3 is 5.97 Å². The maximum absolute atomic E-state index is 12.1. The first-order valence-electron chi connectivity index (χ1n) is 7.59. The van der Waals surface area contributed by atoms with Crippen LogP contribution in [0.1, 0.15) is 45.4 Å². The highest BCUT2D eigenvalue weighted by Gasteiger charge is 2.51. The molecule has 2 fully saturated rings. The number of methoxy groups -OCH3 is 1. The van der Waals surface area contributed by atoms with E-state index >= 15 is 0 Å². The van der Waals surface area contributed by atoms with Crippen LogP contribution in [0.4, 0.5) is 0 Å². The van der Waals surface area contributed by atoms with Crippen molar-refractivity contribution >= 4 is 17.7 Å². The predicted octanol–water partition coefficient (Wildman–Crippen LogP) is 3.58. The summed E-state index contributed by atoms with van der Waals surface area (Å²) in [5, 5.41) is 0. The zero-order chi connectivity index (χ0) is 14.6. The third-order valence-corrected chi connectivity index (χ3v) is 5.79. The van der Waals surface area contributed by atoms with Crippen molar-refractivity contribution in [1.29, 1.82) is 0 Å². The van der Waals surface area contributed by atoms with Crippen LogP contribution in [0.25, 0.3) is 0 Å². The van der Waals surface area contributed by atoms with Crippen LogP contribution in [0, 0.1) is 5.92 Å². The molecule has 2 atom stereocenters. The Morgan fingerprint density at radius 2 is 1.95 bits per heavy atom. The average molecular weight is 298 g/mol. The number of hydrogen-bond acceptors (Lipinski definition) is 4. The highest BCUT2D eigenvalue weighted by Crippen LogP contribution is 2.44. The maximum atomic E-state index is 12.1. The topological polar surface area (TPSA) is 35.5 Å². The largest absolute Gasteiger partial charge is 0.452 e. The second kappa shape index (κ2) is 6.99. The summed E-state index contributed by atoms with van der Waals surface area (Å²) >= 11 is 1.88. The third-order valence-electron chi connectivity index (χ3n) is 4.61. The summed E-state index contributed by atoms with van der Waals surface area (Å²) in [6.07, 6.45) is 7.03. The molecule has 1 aliphatic heterocycles. The van der Waals surface area contributed by atoms with Gasteiger partial charge in [-0.25, -0.2) is 4.79 Å². The maximum Gasteiger partial charge on any atom is 0.333 e. The van der Waals surface area contributed by atoms with E-state index in [-0.39, 0.29) is 12.1 Å². The summed E-state index contributed by atoms with van der Waals surface area (Å²) in [6, 6.07) is 0. The molecular weight excluding hydrogens is 272 g/mol. The number of rotatable bonds is 4. The van der Waals surface area contributed by atoms with Gasteiger partial charge in [-0.15, -0.1) is 0 Å². The molecule has 0 N–H and O–H groups in total. The molecule has 2 unspecified atom stereocenters. The molecule has 0 bridgehead atoms. The second-order valence-corrected chi connectivity index (χ2v) is 7.13. The molecule has 0 radical (unpaired) electrons. The lowest BCUT2D eigenvalue weighted by Crippen LogP contribution is -2.57. The van der Waals surface area contributed by atoms with E-state index in [0.29, 0.717) is 11.5 Å². The quantitative estimate of drug-likeness (QED) is 0.587. The third kappa shape index (κ3) is 3.22. The van der Waals surface area contributed by atoms with E-state index < -0.39 is 5.60 Å². The summed E-state index contributed by atoms with van der Waals surface area (Å²) in [4.78, 5) is 12.1. The van der Waals surface area contributed by atoms with Crippen molar-refractivity contribution in [1.82, 2.24) is 0 Å². The van der Waals surface area contributed by atoms with Crippen LogP contribution in [-0.4, -0.2) is 36.3 Å². The molecular formula is C16H26O3S. The van der Waals surface area contributed by atoms with Gasteiger partial charge < -0.3 is 9.47 Å².